The molecule has 1 amide bonds. The van der Waals surface area contributed by atoms with E-state index in [4.69, 9.17) is 14.2 Å². The van der Waals surface area contributed by atoms with Gasteiger partial charge in [0.05, 0.1) is 20.3 Å². The number of rotatable bonds is 7. The number of hydrogen-bond donors (Lipinski definition) is 0. The number of amides is 1. The van der Waals surface area contributed by atoms with Crippen molar-refractivity contribution in [2.45, 2.75) is 12.8 Å². The Morgan fingerprint density at radius 1 is 1.23 bits per heavy atom. The van der Waals surface area contributed by atoms with E-state index in [2.05, 4.69) is 0 Å². The fraction of sp³-hybridized carbons (Fsp3) is 0.588. The van der Waals surface area contributed by atoms with Crippen LogP contribution < -0.4 is 4.74 Å². The van der Waals surface area contributed by atoms with Crippen LogP contribution in [-0.2, 0) is 9.47 Å². The van der Waals surface area contributed by atoms with Crippen molar-refractivity contribution in [3.8, 4) is 5.75 Å². The molecular weight excluding hydrogens is 282 g/mol. The van der Waals surface area contributed by atoms with E-state index in [-0.39, 0.29) is 5.91 Å². The molecule has 1 aliphatic rings. The van der Waals surface area contributed by atoms with E-state index >= 15 is 0 Å². The van der Waals surface area contributed by atoms with Gasteiger partial charge in [-0.15, -0.1) is 0 Å². The van der Waals surface area contributed by atoms with Crippen molar-refractivity contribution < 1.29 is 19.0 Å². The van der Waals surface area contributed by atoms with Crippen LogP contribution in [0, 0.1) is 5.92 Å². The summed E-state index contributed by atoms with van der Waals surface area (Å²) >= 11 is 0. The van der Waals surface area contributed by atoms with Crippen molar-refractivity contribution in [2.24, 2.45) is 5.92 Å². The predicted molar refractivity (Wildman–Crippen MR) is 84.3 cm³/mol. The Labute approximate surface area is 132 Å². The molecule has 0 atom stereocenters. The second kappa shape index (κ2) is 8.76. The first-order valence-electron chi connectivity index (χ1n) is 7.74. The SMILES string of the molecule is COCCOCC1CCN(C(=O)c2cccc(OC)c2)CC1. The van der Waals surface area contributed by atoms with Crippen LogP contribution in [0.25, 0.3) is 0 Å². The highest BCUT2D eigenvalue weighted by molar-refractivity contribution is 5.94. The van der Waals surface area contributed by atoms with Crippen LogP contribution in [0.4, 0.5) is 0 Å². The molecule has 1 fully saturated rings. The minimum atomic E-state index is 0.0812. The third-order valence-electron chi connectivity index (χ3n) is 4.00. The van der Waals surface area contributed by atoms with Gasteiger partial charge in [-0.1, -0.05) is 6.07 Å². The van der Waals surface area contributed by atoms with Gasteiger partial charge in [0, 0.05) is 32.4 Å². The standard InChI is InChI=1S/C17H25NO4/c1-20-10-11-22-13-14-6-8-18(9-7-14)17(19)15-4-3-5-16(12-15)21-2/h3-5,12,14H,6-11,13H2,1-2H3. The quantitative estimate of drug-likeness (QED) is 0.725. The van der Waals surface area contributed by atoms with Crippen LogP contribution in [0.3, 0.4) is 0 Å². The minimum Gasteiger partial charge on any atom is -0.497 e. The Hall–Kier alpha value is -1.59. The second-order valence-corrected chi connectivity index (χ2v) is 5.54. The summed E-state index contributed by atoms with van der Waals surface area (Å²) in [7, 11) is 3.28. The number of carbonyl (C=O) groups is 1. The minimum absolute atomic E-state index is 0.0812. The van der Waals surface area contributed by atoms with Crippen LogP contribution in [0.5, 0.6) is 5.75 Å². The maximum Gasteiger partial charge on any atom is 0.253 e. The lowest BCUT2D eigenvalue weighted by molar-refractivity contribution is 0.0327. The summed E-state index contributed by atoms with van der Waals surface area (Å²) < 4.78 is 15.7. The van der Waals surface area contributed by atoms with Gasteiger partial charge in [0.15, 0.2) is 0 Å². The zero-order valence-corrected chi connectivity index (χ0v) is 13.4. The molecule has 0 aliphatic carbocycles. The average Bonchev–Trinajstić information content (AvgIpc) is 2.59. The molecular formula is C17H25NO4. The van der Waals surface area contributed by atoms with Gasteiger partial charge in [-0.3, -0.25) is 4.79 Å². The first kappa shape index (κ1) is 16.8. The van der Waals surface area contributed by atoms with Crippen LogP contribution in [0.15, 0.2) is 24.3 Å². The Balaban J connectivity index is 1.79. The smallest absolute Gasteiger partial charge is 0.253 e. The summed E-state index contributed by atoms with van der Waals surface area (Å²) in [5.74, 6) is 1.33. The molecule has 0 saturated carbocycles. The second-order valence-electron chi connectivity index (χ2n) is 5.54. The zero-order valence-electron chi connectivity index (χ0n) is 13.4. The van der Waals surface area contributed by atoms with Crippen LogP contribution >= 0.6 is 0 Å². The van der Waals surface area contributed by atoms with E-state index in [0.29, 0.717) is 30.4 Å². The highest BCUT2D eigenvalue weighted by Crippen LogP contribution is 2.21. The van der Waals surface area contributed by atoms with Crippen LogP contribution in [0.2, 0.25) is 0 Å². The highest BCUT2D eigenvalue weighted by Gasteiger charge is 2.23. The fourth-order valence-electron chi connectivity index (χ4n) is 2.63. The maximum atomic E-state index is 12.5. The largest absolute Gasteiger partial charge is 0.497 e. The normalized spacial score (nSPS) is 15.8. The van der Waals surface area contributed by atoms with E-state index in [0.717, 1.165) is 32.5 Å². The van der Waals surface area contributed by atoms with Gasteiger partial charge in [-0.2, -0.15) is 0 Å². The number of nitrogens with zero attached hydrogens (tertiary/aromatic N) is 1. The van der Waals surface area contributed by atoms with Gasteiger partial charge in [0.1, 0.15) is 5.75 Å². The molecule has 0 bridgehead atoms. The van der Waals surface area contributed by atoms with Crippen molar-refractivity contribution in [1.29, 1.82) is 0 Å². The van der Waals surface area contributed by atoms with Crippen molar-refractivity contribution >= 4 is 5.91 Å². The number of ether oxygens (including phenoxy) is 3. The average molecular weight is 307 g/mol. The molecule has 0 aromatic heterocycles. The molecule has 5 nitrogen and oxygen atoms in total. The first-order chi connectivity index (χ1) is 10.7. The van der Waals surface area contributed by atoms with E-state index < -0.39 is 0 Å². The topological polar surface area (TPSA) is 48.0 Å². The molecule has 5 heteroatoms. The zero-order chi connectivity index (χ0) is 15.8. The Morgan fingerprint density at radius 2 is 2.00 bits per heavy atom. The predicted octanol–water partition coefficient (Wildman–Crippen LogP) is 2.21. The number of piperidine rings is 1. The van der Waals surface area contributed by atoms with E-state index in [1.165, 1.54) is 0 Å². The van der Waals surface area contributed by atoms with Crippen molar-refractivity contribution in [2.75, 3.05) is 47.1 Å². The Bertz CT molecular complexity index is 469. The van der Waals surface area contributed by atoms with Gasteiger partial charge < -0.3 is 19.1 Å². The molecule has 1 saturated heterocycles. The number of benzene rings is 1. The summed E-state index contributed by atoms with van der Waals surface area (Å²) in [4.78, 5) is 14.4. The Kier molecular flexibility index (Phi) is 6.68. The molecule has 0 N–H and O–H groups in total. The van der Waals surface area contributed by atoms with Gasteiger partial charge >= 0.3 is 0 Å². The number of carbonyl (C=O) groups excluding carboxylic acids is 1. The molecule has 0 spiro atoms. The van der Waals surface area contributed by atoms with Crippen molar-refractivity contribution in [1.82, 2.24) is 4.90 Å². The first-order valence-corrected chi connectivity index (χ1v) is 7.74. The Morgan fingerprint density at radius 3 is 2.68 bits per heavy atom. The molecule has 2 rings (SSSR count). The summed E-state index contributed by atoms with van der Waals surface area (Å²) in [6.07, 6.45) is 1.98. The lowest BCUT2D eigenvalue weighted by atomic mass is 9.97. The third kappa shape index (κ3) is 4.71. The fourth-order valence-corrected chi connectivity index (χ4v) is 2.63. The molecule has 1 heterocycles. The molecule has 1 aromatic carbocycles. The summed E-state index contributed by atoms with van der Waals surface area (Å²) in [5, 5.41) is 0. The molecule has 1 aromatic rings. The van der Waals surface area contributed by atoms with E-state index in [1.54, 1.807) is 20.3 Å². The molecule has 0 radical (unpaired) electrons. The van der Waals surface area contributed by atoms with E-state index in [9.17, 15) is 4.79 Å². The van der Waals surface area contributed by atoms with Crippen molar-refractivity contribution in [3.05, 3.63) is 29.8 Å². The summed E-state index contributed by atoms with van der Waals surface area (Å²) in [6.45, 7) is 3.60. The monoisotopic (exact) mass is 307 g/mol. The number of methoxy groups -OCH3 is 2. The summed E-state index contributed by atoms with van der Waals surface area (Å²) in [5.41, 5.74) is 0.689. The highest BCUT2D eigenvalue weighted by atomic mass is 16.5. The molecule has 0 unspecified atom stereocenters. The van der Waals surface area contributed by atoms with Gasteiger partial charge in [-0.25, -0.2) is 0 Å². The molecule has 22 heavy (non-hydrogen) atoms. The van der Waals surface area contributed by atoms with E-state index in [1.807, 2.05) is 23.1 Å². The van der Waals surface area contributed by atoms with Crippen LogP contribution in [0.1, 0.15) is 23.2 Å². The molecule has 1 aliphatic heterocycles. The van der Waals surface area contributed by atoms with Gasteiger partial charge in [0.2, 0.25) is 0 Å². The molecule has 122 valence electrons. The number of likely N-dealkylation sites (tertiary alicyclic amines) is 1. The van der Waals surface area contributed by atoms with Gasteiger partial charge in [0.25, 0.3) is 5.91 Å². The van der Waals surface area contributed by atoms with Crippen molar-refractivity contribution in [3.63, 3.8) is 0 Å². The maximum absolute atomic E-state index is 12.5. The lowest BCUT2D eigenvalue weighted by Crippen LogP contribution is -2.39. The lowest BCUT2D eigenvalue weighted by Gasteiger charge is -2.32. The van der Waals surface area contributed by atoms with Crippen LogP contribution in [-0.4, -0.2) is 57.9 Å². The van der Waals surface area contributed by atoms with Gasteiger partial charge in [-0.05, 0) is 37.0 Å². The third-order valence-corrected chi connectivity index (χ3v) is 4.00. The summed E-state index contributed by atoms with van der Waals surface area (Å²) in [6, 6.07) is 7.33. The number of hydrogen-bond acceptors (Lipinski definition) is 4.